The van der Waals surface area contributed by atoms with Crippen LogP contribution in [-0.2, 0) is 9.59 Å². The molecule has 0 aliphatic carbocycles. The number of hydrogen-bond donors (Lipinski definition) is 0. The van der Waals surface area contributed by atoms with Gasteiger partial charge in [0.05, 0.1) is 5.57 Å². The quantitative estimate of drug-likeness (QED) is 0.593. The lowest BCUT2D eigenvalue weighted by atomic mass is 10.1. The fourth-order valence-electron chi connectivity index (χ4n) is 2.31. The molecule has 3 nitrogen and oxygen atoms in total. The molecule has 2 rings (SSSR count). The molecule has 0 radical (unpaired) electrons. The zero-order valence-corrected chi connectivity index (χ0v) is 12.6. The normalized spacial score (nSPS) is 15.3. The van der Waals surface area contributed by atoms with Gasteiger partial charge in [-0.2, -0.15) is 0 Å². The molecule has 0 bridgehead atoms. The van der Waals surface area contributed by atoms with E-state index in [2.05, 4.69) is 6.92 Å². The van der Waals surface area contributed by atoms with Gasteiger partial charge in [0.2, 0.25) is 0 Å². The maximum atomic E-state index is 12.9. The van der Waals surface area contributed by atoms with Gasteiger partial charge < -0.3 is 0 Å². The largest absolute Gasteiger partial charge is 0.274 e. The van der Waals surface area contributed by atoms with Crippen LogP contribution in [0.1, 0.15) is 38.2 Å². The van der Waals surface area contributed by atoms with Gasteiger partial charge in [-0.1, -0.05) is 49.9 Å². The number of hydrogen-bond acceptors (Lipinski definition) is 2. The van der Waals surface area contributed by atoms with Gasteiger partial charge in [0.15, 0.2) is 0 Å². The van der Waals surface area contributed by atoms with Gasteiger partial charge in [-0.25, -0.2) is 4.39 Å². The zero-order valence-electron chi connectivity index (χ0n) is 11.9. The number of halogens is 2. The van der Waals surface area contributed by atoms with Crippen LogP contribution in [0, 0.1) is 5.82 Å². The first kappa shape index (κ1) is 15.7. The van der Waals surface area contributed by atoms with Crippen LogP contribution in [0.5, 0.6) is 0 Å². The topological polar surface area (TPSA) is 37.4 Å². The van der Waals surface area contributed by atoms with Crippen molar-refractivity contribution < 1.29 is 14.0 Å². The molecular weight excluding hydrogens is 293 g/mol. The molecule has 2 amide bonds. The lowest BCUT2D eigenvalue weighted by Gasteiger charge is -2.14. The van der Waals surface area contributed by atoms with Crippen molar-refractivity contribution in [3.8, 4) is 0 Å². The van der Waals surface area contributed by atoms with Gasteiger partial charge in [0.25, 0.3) is 11.8 Å². The first-order valence-corrected chi connectivity index (χ1v) is 7.46. The SMILES string of the molecule is CCCCCCN1C(=O)C(Cl)=C(c2ccc(F)cc2)C1=O. The van der Waals surface area contributed by atoms with Gasteiger partial charge in [0, 0.05) is 6.54 Å². The van der Waals surface area contributed by atoms with Crippen molar-refractivity contribution in [1.29, 1.82) is 0 Å². The van der Waals surface area contributed by atoms with E-state index in [-0.39, 0.29) is 10.6 Å². The maximum Gasteiger partial charge on any atom is 0.273 e. The third-order valence-electron chi connectivity index (χ3n) is 3.48. The molecule has 0 fully saturated rings. The van der Waals surface area contributed by atoms with Crippen LogP contribution in [0.25, 0.3) is 5.57 Å². The molecular formula is C16H17ClFNO2. The Kier molecular flexibility index (Phi) is 5.12. The summed E-state index contributed by atoms with van der Waals surface area (Å²) in [6.07, 6.45) is 3.90. The van der Waals surface area contributed by atoms with Gasteiger partial charge in [0.1, 0.15) is 10.8 Å². The Labute approximate surface area is 128 Å². The first-order chi connectivity index (χ1) is 10.1. The molecule has 5 heteroatoms. The molecule has 0 aromatic heterocycles. The predicted octanol–water partition coefficient (Wildman–Crippen LogP) is 3.72. The molecule has 0 saturated carbocycles. The lowest BCUT2D eigenvalue weighted by molar-refractivity contribution is -0.136. The standard InChI is InChI=1S/C16H17ClFNO2/c1-2-3-4-5-10-19-15(20)13(14(17)16(19)21)11-6-8-12(18)9-7-11/h6-9H,2-5,10H2,1H3. The molecule has 21 heavy (non-hydrogen) atoms. The van der Waals surface area contributed by atoms with E-state index in [0.717, 1.165) is 25.7 Å². The Morgan fingerprint density at radius 1 is 1.05 bits per heavy atom. The second-order valence-corrected chi connectivity index (χ2v) is 5.40. The van der Waals surface area contributed by atoms with E-state index < -0.39 is 17.6 Å². The zero-order chi connectivity index (χ0) is 15.4. The minimum absolute atomic E-state index is 0.0814. The summed E-state index contributed by atoms with van der Waals surface area (Å²) in [4.78, 5) is 25.6. The Bertz CT molecular complexity index is 580. The molecule has 0 saturated heterocycles. The number of amides is 2. The number of benzene rings is 1. The van der Waals surface area contributed by atoms with Crippen LogP contribution in [0.15, 0.2) is 29.3 Å². The predicted molar refractivity (Wildman–Crippen MR) is 80.0 cm³/mol. The first-order valence-electron chi connectivity index (χ1n) is 7.08. The Hall–Kier alpha value is -1.68. The van der Waals surface area contributed by atoms with E-state index in [0.29, 0.717) is 12.1 Å². The van der Waals surface area contributed by atoms with Gasteiger partial charge >= 0.3 is 0 Å². The Morgan fingerprint density at radius 2 is 1.71 bits per heavy atom. The molecule has 0 spiro atoms. The maximum absolute atomic E-state index is 12.9. The average Bonchev–Trinajstić information content (AvgIpc) is 2.68. The Balaban J connectivity index is 2.14. The third kappa shape index (κ3) is 3.32. The molecule has 1 aromatic rings. The summed E-state index contributed by atoms with van der Waals surface area (Å²) in [6, 6.07) is 5.40. The molecule has 0 unspecified atom stereocenters. The van der Waals surface area contributed by atoms with Crippen molar-refractivity contribution in [2.75, 3.05) is 6.54 Å². The minimum Gasteiger partial charge on any atom is -0.274 e. The summed E-state index contributed by atoms with van der Waals surface area (Å²) in [5.41, 5.74) is 0.632. The van der Waals surface area contributed by atoms with Crippen LogP contribution in [0.2, 0.25) is 0 Å². The van der Waals surface area contributed by atoms with Gasteiger partial charge in [-0.05, 0) is 24.1 Å². The molecule has 1 heterocycles. The van der Waals surface area contributed by atoms with E-state index >= 15 is 0 Å². The highest BCUT2D eigenvalue weighted by Crippen LogP contribution is 2.31. The summed E-state index contributed by atoms with van der Waals surface area (Å²) < 4.78 is 12.9. The van der Waals surface area contributed by atoms with Crippen LogP contribution in [-0.4, -0.2) is 23.3 Å². The van der Waals surface area contributed by atoms with Crippen molar-refractivity contribution in [2.24, 2.45) is 0 Å². The van der Waals surface area contributed by atoms with Crippen LogP contribution >= 0.6 is 11.6 Å². The molecule has 1 aromatic carbocycles. The molecule has 112 valence electrons. The van der Waals surface area contributed by atoms with E-state index in [1.165, 1.54) is 29.2 Å². The van der Waals surface area contributed by atoms with Crippen molar-refractivity contribution in [2.45, 2.75) is 32.6 Å². The third-order valence-corrected chi connectivity index (χ3v) is 3.83. The summed E-state index contributed by atoms with van der Waals surface area (Å²) in [5, 5.41) is -0.0814. The number of carbonyl (C=O) groups excluding carboxylic acids is 2. The monoisotopic (exact) mass is 309 g/mol. The minimum atomic E-state index is -0.461. The molecule has 0 N–H and O–H groups in total. The summed E-state index contributed by atoms with van der Waals surface area (Å²) in [6.45, 7) is 2.47. The number of nitrogens with zero attached hydrogens (tertiary/aromatic N) is 1. The fraction of sp³-hybridized carbons (Fsp3) is 0.375. The smallest absolute Gasteiger partial charge is 0.273 e. The molecule has 1 aliphatic heterocycles. The molecule has 0 atom stereocenters. The van der Waals surface area contributed by atoms with Crippen LogP contribution in [0.3, 0.4) is 0 Å². The lowest BCUT2D eigenvalue weighted by Crippen LogP contribution is -2.32. The van der Waals surface area contributed by atoms with E-state index in [1.54, 1.807) is 0 Å². The van der Waals surface area contributed by atoms with E-state index in [9.17, 15) is 14.0 Å². The number of carbonyl (C=O) groups is 2. The highest BCUT2D eigenvalue weighted by atomic mass is 35.5. The second-order valence-electron chi connectivity index (χ2n) is 5.02. The van der Waals surface area contributed by atoms with Crippen molar-refractivity contribution in [3.63, 3.8) is 0 Å². The fourth-order valence-corrected chi connectivity index (χ4v) is 2.60. The van der Waals surface area contributed by atoms with Crippen molar-refractivity contribution in [3.05, 3.63) is 40.7 Å². The summed E-state index contributed by atoms with van der Waals surface area (Å²) >= 11 is 6.01. The Morgan fingerprint density at radius 3 is 2.33 bits per heavy atom. The number of imide groups is 1. The van der Waals surface area contributed by atoms with Crippen LogP contribution < -0.4 is 0 Å². The van der Waals surface area contributed by atoms with E-state index in [1.807, 2.05) is 0 Å². The number of rotatable bonds is 6. The number of unbranched alkanes of at least 4 members (excludes halogenated alkanes) is 3. The average molecular weight is 310 g/mol. The van der Waals surface area contributed by atoms with Gasteiger partial charge in [-0.3, -0.25) is 14.5 Å². The van der Waals surface area contributed by atoms with Crippen LogP contribution in [0.4, 0.5) is 4.39 Å². The summed E-state index contributed by atoms with van der Waals surface area (Å²) in [7, 11) is 0. The highest BCUT2D eigenvalue weighted by molar-refractivity contribution is 6.55. The van der Waals surface area contributed by atoms with Crippen molar-refractivity contribution in [1.82, 2.24) is 4.90 Å². The van der Waals surface area contributed by atoms with Gasteiger partial charge in [-0.15, -0.1) is 0 Å². The second kappa shape index (κ2) is 6.85. The van der Waals surface area contributed by atoms with E-state index in [4.69, 9.17) is 11.6 Å². The summed E-state index contributed by atoms with van der Waals surface area (Å²) in [5.74, 6) is -1.26. The molecule has 1 aliphatic rings. The highest BCUT2D eigenvalue weighted by Gasteiger charge is 2.37. The van der Waals surface area contributed by atoms with Crippen molar-refractivity contribution >= 4 is 29.0 Å².